The number of para-hydroxylation sites is 1. The van der Waals surface area contributed by atoms with Gasteiger partial charge in [0.25, 0.3) is 5.56 Å². The number of fused-ring (bicyclic) bond motifs is 1. The fourth-order valence-corrected chi connectivity index (χ4v) is 3.60. The van der Waals surface area contributed by atoms with Crippen molar-refractivity contribution >= 4 is 17.0 Å². The lowest BCUT2D eigenvalue weighted by Crippen LogP contribution is -2.29. The van der Waals surface area contributed by atoms with E-state index < -0.39 is 11.5 Å². The van der Waals surface area contributed by atoms with Gasteiger partial charge in [0.05, 0.1) is 23.8 Å². The summed E-state index contributed by atoms with van der Waals surface area (Å²) in [7, 11) is 1.25. The van der Waals surface area contributed by atoms with E-state index in [0.717, 1.165) is 27.9 Å². The van der Waals surface area contributed by atoms with Crippen molar-refractivity contribution in [1.29, 1.82) is 0 Å². The first-order valence-electron chi connectivity index (χ1n) is 9.28. The summed E-state index contributed by atoms with van der Waals surface area (Å²) in [5.74, 6) is -0.746. The van der Waals surface area contributed by atoms with Crippen LogP contribution in [-0.4, -0.2) is 22.6 Å². The smallest absolute Gasteiger partial charge is 0.362 e. The summed E-state index contributed by atoms with van der Waals surface area (Å²) in [6.07, 6.45) is 0. The Labute approximate surface area is 168 Å². The Bertz CT molecular complexity index is 1270. The molecule has 4 rings (SSSR count). The average molecular weight is 384 g/mol. The molecule has 0 bridgehead atoms. The predicted octanol–water partition coefficient (Wildman–Crippen LogP) is 4.46. The SMILES string of the molecule is COC(=O)c1nc2ccc(-c3ccccc3)cc2n(-c2c(C)cccc2C)c1=O. The number of hydrogen-bond acceptors (Lipinski definition) is 4. The third-order valence-electron chi connectivity index (χ3n) is 5.00. The third kappa shape index (κ3) is 3.21. The molecule has 0 saturated carbocycles. The van der Waals surface area contributed by atoms with Gasteiger partial charge in [-0.1, -0.05) is 54.6 Å². The topological polar surface area (TPSA) is 61.2 Å². The molecule has 1 aromatic heterocycles. The van der Waals surface area contributed by atoms with Crippen LogP contribution in [-0.2, 0) is 4.74 Å². The molecule has 0 aliphatic carbocycles. The monoisotopic (exact) mass is 384 g/mol. The second-order valence-corrected chi connectivity index (χ2v) is 6.90. The van der Waals surface area contributed by atoms with Gasteiger partial charge in [-0.3, -0.25) is 9.36 Å². The molecule has 0 aliphatic heterocycles. The van der Waals surface area contributed by atoms with E-state index in [1.165, 1.54) is 7.11 Å². The van der Waals surface area contributed by atoms with E-state index in [2.05, 4.69) is 4.98 Å². The third-order valence-corrected chi connectivity index (χ3v) is 5.00. The molecule has 144 valence electrons. The van der Waals surface area contributed by atoms with Gasteiger partial charge in [0.1, 0.15) is 0 Å². The van der Waals surface area contributed by atoms with E-state index in [0.29, 0.717) is 11.0 Å². The van der Waals surface area contributed by atoms with Crippen LogP contribution in [0.3, 0.4) is 0 Å². The van der Waals surface area contributed by atoms with Crippen LogP contribution in [0.1, 0.15) is 21.6 Å². The predicted molar refractivity (Wildman–Crippen MR) is 114 cm³/mol. The minimum absolute atomic E-state index is 0.227. The van der Waals surface area contributed by atoms with Crippen LogP contribution in [0.5, 0.6) is 0 Å². The normalized spacial score (nSPS) is 10.9. The Balaban J connectivity index is 2.13. The van der Waals surface area contributed by atoms with Crippen LogP contribution in [0.4, 0.5) is 0 Å². The quantitative estimate of drug-likeness (QED) is 0.490. The number of rotatable bonds is 3. The maximum absolute atomic E-state index is 13.3. The lowest BCUT2D eigenvalue weighted by atomic mass is 10.0. The zero-order chi connectivity index (χ0) is 20.5. The van der Waals surface area contributed by atoms with Gasteiger partial charge in [0.2, 0.25) is 5.69 Å². The Morgan fingerprint density at radius 1 is 0.897 bits per heavy atom. The molecule has 5 nitrogen and oxygen atoms in total. The molecule has 4 aromatic rings. The van der Waals surface area contributed by atoms with Crippen molar-refractivity contribution in [2.24, 2.45) is 0 Å². The zero-order valence-corrected chi connectivity index (χ0v) is 16.5. The summed E-state index contributed by atoms with van der Waals surface area (Å²) < 4.78 is 6.37. The molecule has 0 spiro atoms. The summed E-state index contributed by atoms with van der Waals surface area (Å²) in [5, 5.41) is 0. The van der Waals surface area contributed by atoms with Crippen molar-refractivity contribution in [2.75, 3.05) is 7.11 Å². The molecular formula is C24H20N2O3. The zero-order valence-electron chi connectivity index (χ0n) is 16.5. The number of aryl methyl sites for hydroxylation is 2. The van der Waals surface area contributed by atoms with Crippen molar-refractivity contribution in [2.45, 2.75) is 13.8 Å². The number of esters is 1. The van der Waals surface area contributed by atoms with Crippen LogP contribution in [0.2, 0.25) is 0 Å². The van der Waals surface area contributed by atoms with Gasteiger partial charge in [-0.2, -0.15) is 0 Å². The second kappa shape index (κ2) is 7.36. The molecule has 0 saturated heterocycles. The van der Waals surface area contributed by atoms with Gasteiger partial charge < -0.3 is 4.74 Å². The highest BCUT2D eigenvalue weighted by atomic mass is 16.5. The number of carbonyl (C=O) groups excluding carboxylic acids is 1. The van der Waals surface area contributed by atoms with Crippen LogP contribution in [0.15, 0.2) is 71.5 Å². The number of nitrogens with zero attached hydrogens (tertiary/aromatic N) is 2. The summed E-state index contributed by atoms with van der Waals surface area (Å²) in [5.41, 5.74) is 5.08. The molecule has 0 unspecified atom stereocenters. The van der Waals surface area contributed by atoms with E-state index in [9.17, 15) is 9.59 Å². The van der Waals surface area contributed by atoms with Gasteiger partial charge in [0.15, 0.2) is 0 Å². The lowest BCUT2D eigenvalue weighted by Gasteiger charge is -2.17. The molecule has 0 N–H and O–H groups in total. The Hall–Kier alpha value is -3.73. The first-order chi connectivity index (χ1) is 14.0. The highest BCUT2D eigenvalue weighted by molar-refractivity contribution is 5.91. The van der Waals surface area contributed by atoms with Crippen molar-refractivity contribution < 1.29 is 9.53 Å². The maximum atomic E-state index is 13.3. The van der Waals surface area contributed by atoms with Gasteiger partial charge >= 0.3 is 5.97 Å². The first-order valence-corrected chi connectivity index (χ1v) is 9.28. The van der Waals surface area contributed by atoms with E-state index in [1.54, 1.807) is 4.57 Å². The van der Waals surface area contributed by atoms with Gasteiger partial charge in [-0.05, 0) is 48.2 Å². The maximum Gasteiger partial charge on any atom is 0.362 e. The number of ether oxygens (including phenoxy) is 1. The molecule has 0 radical (unpaired) electrons. The lowest BCUT2D eigenvalue weighted by molar-refractivity contribution is 0.0592. The molecular weight excluding hydrogens is 364 g/mol. The fraction of sp³-hybridized carbons (Fsp3) is 0.125. The number of methoxy groups -OCH3 is 1. The number of carbonyl (C=O) groups is 1. The minimum Gasteiger partial charge on any atom is -0.464 e. The Kier molecular flexibility index (Phi) is 4.72. The van der Waals surface area contributed by atoms with E-state index in [-0.39, 0.29) is 5.69 Å². The Morgan fingerprint density at radius 3 is 2.24 bits per heavy atom. The van der Waals surface area contributed by atoms with Crippen LogP contribution >= 0.6 is 0 Å². The van der Waals surface area contributed by atoms with Crippen LogP contribution < -0.4 is 5.56 Å². The van der Waals surface area contributed by atoms with E-state index in [1.807, 2.05) is 80.6 Å². The van der Waals surface area contributed by atoms with Crippen molar-refractivity contribution in [3.8, 4) is 16.8 Å². The minimum atomic E-state index is -0.746. The molecule has 0 amide bonds. The molecule has 0 aliphatic rings. The van der Waals surface area contributed by atoms with E-state index >= 15 is 0 Å². The van der Waals surface area contributed by atoms with Crippen molar-refractivity contribution in [3.05, 3.63) is 93.9 Å². The fourth-order valence-electron chi connectivity index (χ4n) is 3.60. The molecule has 5 heteroatoms. The standard InChI is InChI=1S/C24H20N2O3/c1-15-8-7-9-16(2)22(15)26-20-14-18(17-10-5-4-6-11-17)12-13-19(20)25-21(23(26)27)24(28)29-3/h4-14H,1-3H3. The molecule has 0 atom stereocenters. The van der Waals surface area contributed by atoms with Crippen LogP contribution in [0.25, 0.3) is 27.8 Å². The highest BCUT2D eigenvalue weighted by Gasteiger charge is 2.21. The first kappa shape index (κ1) is 18.6. The number of aromatic nitrogens is 2. The second-order valence-electron chi connectivity index (χ2n) is 6.90. The molecule has 3 aromatic carbocycles. The van der Waals surface area contributed by atoms with Gasteiger partial charge in [0, 0.05) is 0 Å². The van der Waals surface area contributed by atoms with Gasteiger partial charge in [-0.25, -0.2) is 9.78 Å². The van der Waals surface area contributed by atoms with Crippen molar-refractivity contribution in [3.63, 3.8) is 0 Å². The van der Waals surface area contributed by atoms with E-state index in [4.69, 9.17) is 4.74 Å². The molecule has 1 heterocycles. The molecule has 29 heavy (non-hydrogen) atoms. The number of benzene rings is 3. The molecule has 0 fully saturated rings. The Morgan fingerprint density at radius 2 is 1.59 bits per heavy atom. The highest BCUT2D eigenvalue weighted by Crippen LogP contribution is 2.27. The number of hydrogen-bond donors (Lipinski definition) is 0. The van der Waals surface area contributed by atoms with Crippen LogP contribution in [0, 0.1) is 13.8 Å². The average Bonchev–Trinajstić information content (AvgIpc) is 2.74. The summed E-state index contributed by atoms with van der Waals surface area (Å²) in [6, 6.07) is 21.5. The summed E-state index contributed by atoms with van der Waals surface area (Å²) in [4.78, 5) is 29.9. The largest absolute Gasteiger partial charge is 0.464 e. The summed E-state index contributed by atoms with van der Waals surface area (Å²) >= 11 is 0. The summed E-state index contributed by atoms with van der Waals surface area (Å²) in [6.45, 7) is 3.89. The van der Waals surface area contributed by atoms with Crippen molar-refractivity contribution in [1.82, 2.24) is 9.55 Å². The van der Waals surface area contributed by atoms with Gasteiger partial charge in [-0.15, -0.1) is 0 Å².